The number of thioether (sulfide) groups is 1. The van der Waals surface area contributed by atoms with Gasteiger partial charge in [-0.2, -0.15) is 11.8 Å². The minimum absolute atomic E-state index is 0.275. The molecule has 180 valence electrons. The second kappa shape index (κ2) is 11.5. The number of hydrogen-bond donors (Lipinski definition) is 2. The van der Waals surface area contributed by atoms with Crippen molar-refractivity contribution in [2.75, 3.05) is 17.3 Å². The van der Waals surface area contributed by atoms with Gasteiger partial charge in [0, 0.05) is 22.2 Å². The summed E-state index contributed by atoms with van der Waals surface area (Å²) in [4.78, 5) is 29.8. The Labute approximate surface area is 209 Å². The molecule has 0 aliphatic heterocycles. The number of aryl methyl sites for hydroxylation is 1. The van der Waals surface area contributed by atoms with E-state index in [0.717, 1.165) is 27.6 Å². The molecule has 1 heterocycles. The van der Waals surface area contributed by atoms with Gasteiger partial charge < -0.3 is 15.4 Å². The molecule has 3 rings (SSSR count). The number of hydrogen-bond acceptors (Lipinski definition) is 6. The van der Waals surface area contributed by atoms with Crippen molar-refractivity contribution < 1.29 is 14.3 Å². The van der Waals surface area contributed by atoms with E-state index < -0.39 is 17.7 Å². The maximum Gasteiger partial charge on any atom is 0.408 e. The van der Waals surface area contributed by atoms with E-state index in [0.29, 0.717) is 12.1 Å². The van der Waals surface area contributed by atoms with Crippen LogP contribution in [0.25, 0.3) is 21.8 Å². The van der Waals surface area contributed by atoms with Crippen LogP contribution in [0.1, 0.15) is 32.8 Å². The summed E-state index contributed by atoms with van der Waals surface area (Å²) in [7, 11) is 0. The van der Waals surface area contributed by atoms with E-state index in [4.69, 9.17) is 9.72 Å². The molecule has 0 saturated heterocycles. The topological polar surface area (TPSA) is 80.3 Å². The third-order valence-corrected chi connectivity index (χ3v) is 6.47. The van der Waals surface area contributed by atoms with Crippen molar-refractivity contribution in [2.45, 2.75) is 45.8 Å². The van der Waals surface area contributed by atoms with Gasteiger partial charge in [-0.15, -0.1) is 11.3 Å². The lowest BCUT2D eigenvalue weighted by molar-refractivity contribution is -0.118. The smallest absolute Gasteiger partial charge is 0.408 e. The van der Waals surface area contributed by atoms with Crippen LogP contribution < -0.4 is 10.6 Å². The highest BCUT2D eigenvalue weighted by Crippen LogP contribution is 2.31. The summed E-state index contributed by atoms with van der Waals surface area (Å²) in [5, 5.41) is 8.62. The Balaban J connectivity index is 1.67. The molecule has 1 unspecified atom stereocenters. The fourth-order valence-electron chi connectivity index (χ4n) is 3.25. The molecule has 0 aliphatic carbocycles. The lowest BCUT2D eigenvalue weighted by atomic mass is 10.1. The van der Waals surface area contributed by atoms with Gasteiger partial charge >= 0.3 is 6.09 Å². The van der Waals surface area contributed by atoms with E-state index in [1.165, 1.54) is 5.56 Å². The molecular weight excluding hydrogens is 466 g/mol. The van der Waals surface area contributed by atoms with E-state index in [-0.39, 0.29) is 5.91 Å². The summed E-state index contributed by atoms with van der Waals surface area (Å²) in [6, 6.07) is 15.1. The molecule has 34 heavy (non-hydrogen) atoms. The minimum atomic E-state index is -0.683. The zero-order chi connectivity index (χ0) is 24.7. The van der Waals surface area contributed by atoms with Crippen LogP contribution in [-0.4, -0.2) is 40.6 Å². The molecule has 1 aromatic heterocycles. The maximum atomic E-state index is 12.9. The van der Waals surface area contributed by atoms with Gasteiger partial charge in [0.15, 0.2) is 0 Å². The summed E-state index contributed by atoms with van der Waals surface area (Å²) < 4.78 is 5.31. The van der Waals surface area contributed by atoms with Crippen molar-refractivity contribution in [3.05, 3.63) is 59.5 Å². The molecule has 0 spiro atoms. The van der Waals surface area contributed by atoms with Gasteiger partial charge in [-0.25, -0.2) is 9.78 Å². The Hall–Kier alpha value is -2.84. The predicted molar refractivity (Wildman–Crippen MR) is 143 cm³/mol. The summed E-state index contributed by atoms with van der Waals surface area (Å²) in [5.41, 5.74) is 4.22. The van der Waals surface area contributed by atoms with Crippen molar-refractivity contribution >= 4 is 40.8 Å². The Morgan fingerprint density at radius 1 is 1.12 bits per heavy atom. The highest BCUT2D eigenvalue weighted by atomic mass is 32.2. The van der Waals surface area contributed by atoms with Gasteiger partial charge in [0.1, 0.15) is 16.7 Å². The van der Waals surface area contributed by atoms with Crippen LogP contribution in [0, 0.1) is 6.92 Å². The number of carbonyl (C=O) groups excluding carboxylic acids is 2. The van der Waals surface area contributed by atoms with Gasteiger partial charge in [0.05, 0.1) is 5.69 Å². The normalized spacial score (nSPS) is 12.1. The fourth-order valence-corrected chi connectivity index (χ4v) is 4.64. The third-order valence-electron chi connectivity index (χ3n) is 4.95. The van der Waals surface area contributed by atoms with Crippen LogP contribution in [0.4, 0.5) is 10.5 Å². The number of benzene rings is 2. The first-order valence-electron chi connectivity index (χ1n) is 11.1. The Morgan fingerprint density at radius 2 is 1.82 bits per heavy atom. The van der Waals surface area contributed by atoms with E-state index in [9.17, 15) is 9.59 Å². The lowest BCUT2D eigenvalue weighted by Crippen LogP contribution is -2.46. The first-order valence-corrected chi connectivity index (χ1v) is 13.3. The van der Waals surface area contributed by atoms with Gasteiger partial charge in [0.25, 0.3) is 0 Å². The highest BCUT2D eigenvalue weighted by Gasteiger charge is 2.24. The molecule has 0 saturated carbocycles. The molecule has 0 aliphatic rings. The molecule has 8 heteroatoms. The first kappa shape index (κ1) is 25.8. The third kappa shape index (κ3) is 7.33. The van der Waals surface area contributed by atoms with Crippen molar-refractivity contribution in [1.29, 1.82) is 0 Å². The molecule has 0 radical (unpaired) electrons. The summed E-state index contributed by atoms with van der Waals surface area (Å²) in [6.07, 6.45) is 1.87. The minimum Gasteiger partial charge on any atom is -0.444 e. The summed E-state index contributed by atoms with van der Waals surface area (Å²) in [6.45, 7) is 7.45. The van der Waals surface area contributed by atoms with Crippen LogP contribution in [0.2, 0.25) is 0 Å². The van der Waals surface area contributed by atoms with E-state index in [1.807, 2.05) is 48.0 Å². The standard InChI is InChI=1S/C26H31N3O3S2/c1-17-8-6-7-9-20(17)24-28-22(16-34-24)18-10-12-19(13-11-18)27-23(30)21(14-15-33-5)29-25(31)32-26(2,3)4/h6-13,16,21H,14-15H2,1-5H3,(H,27,30)(H,29,31). The van der Waals surface area contributed by atoms with Crippen molar-refractivity contribution in [2.24, 2.45) is 0 Å². The molecule has 0 bridgehead atoms. The summed E-state index contributed by atoms with van der Waals surface area (Å²) in [5.74, 6) is 0.461. The Morgan fingerprint density at radius 3 is 2.47 bits per heavy atom. The Bertz CT molecular complexity index is 1120. The van der Waals surface area contributed by atoms with Crippen LogP contribution in [0.5, 0.6) is 0 Å². The van der Waals surface area contributed by atoms with Gasteiger partial charge in [0.2, 0.25) is 5.91 Å². The SMILES string of the molecule is CSCCC(NC(=O)OC(C)(C)C)C(=O)Nc1ccc(-c2csc(-c3ccccc3C)n2)cc1. The fraction of sp³-hybridized carbons (Fsp3) is 0.346. The van der Waals surface area contributed by atoms with Crippen molar-refractivity contribution in [1.82, 2.24) is 10.3 Å². The van der Waals surface area contributed by atoms with E-state index in [2.05, 4.69) is 29.7 Å². The van der Waals surface area contributed by atoms with Gasteiger partial charge in [-0.05, 0) is 63.8 Å². The van der Waals surface area contributed by atoms with Gasteiger partial charge in [-0.3, -0.25) is 4.79 Å². The lowest BCUT2D eigenvalue weighted by Gasteiger charge is -2.23. The van der Waals surface area contributed by atoms with E-state index >= 15 is 0 Å². The zero-order valence-electron chi connectivity index (χ0n) is 20.2. The summed E-state index contributed by atoms with van der Waals surface area (Å²) >= 11 is 3.23. The first-order chi connectivity index (χ1) is 16.2. The number of ether oxygens (including phenoxy) is 1. The van der Waals surface area contributed by atoms with Crippen molar-refractivity contribution in [3.63, 3.8) is 0 Å². The molecule has 1 atom stereocenters. The Kier molecular flexibility index (Phi) is 8.74. The number of alkyl carbamates (subject to hydrolysis) is 1. The molecule has 2 amide bonds. The maximum absolute atomic E-state index is 12.9. The highest BCUT2D eigenvalue weighted by molar-refractivity contribution is 7.98. The number of nitrogens with zero attached hydrogens (tertiary/aromatic N) is 1. The quantitative estimate of drug-likeness (QED) is 0.378. The van der Waals surface area contributed by atoms with Gasteiger partial charge in [-0.1, -0.05) is 36.4 Å². The molecular formula is C26H31N3O3S2. The number of nitrogens with one attached hydrogen (secondary N) is 2. The molecule has 2 aromatic carbocycles. The average molecular weight is 498 g/mol. The number of anilines is 1. The van der Waals surface area contributed by atoms with E-state index in [1.54, 1.807) is 43.9 Å². The second-order valence-electron chi connectivity index (χ2n) is 8.90. The largest absolute Gasteiger partial charge is 0.444 e. The number of rotatable bonds is 8. The zero-order valence-corrected chi connectivity index (χ0v) is 21.8. The number of amides is 2. The number of aromatic nitrogens is 1. The molecule has 2 N–H and O–H groups in total. The van der Waals surface area contributed by atoms with Crippen LogP contribution in [0.3, 0.4) is 0 Å². The molecule has 3 aromatic rings. The number of thiazole rings is 1. The van der Waals surface area contributed by atoms with Crippen LogP contribution >= 0.6 is 23.1 Å². The predicted octanol–water partition coefficient (Wildman–Crippen LogP) is 6.37. The molecule has 0 fully saturated rings. The number of carbonyl (C=O) groups is 2. The second-order valence-corrected chi connectivity index (χ2v) is 10.7. The average Bonchev–Trinajstić information content (AvgIpc) is 3.26. The monoisotopic (exact) mass is 497 g/mol. The molecule has 6 nitrogen and oxygen atoms in total. The van der Waals surface area contributed by atoms with Crippen LogP contribution in [-0.2, 0) is 9.53 Å². The van der Waals surface area contributed by atoms with Crippen molar-refractivity contribution in [3.8, 4) is 21.8 Å². The van der Waals surface area contributed by atoms with Crippen LogP contribution in [0.15, 0.2) is 53.9 Å².